The Morgan fingerprint density at radius 1 is 0.216 bits per heavy atom. The highest BCUT2D eigenvalue weighted by molar-refractivity contribution is 5.77. The van der Waals surface area contributed by atoms with Crippen molar-refractivity contribution in [1.82, 2.24) is 0 Å². The molecule has 440 valence electrons. The summed E-state index contributed by atoms with van der Waals surface area (Å²) in [6, 6.07) is 76.1. The van der Waals surface area contributed by atoms with E-state index in [2.05, 4.69) is 262 Å². The molecule has 0 saturated carbocycles. The lowest BCUT2D eigenvalue weighted by molar-refractivity contribution is -0.660. The Kier molecular flexibility index (Phi) is 17.6. The summed E-state index contributed by atoms with van der Waals surface area (Å²) < 4.78 is 53.9. The monoisotopic (exact) mass is 1160 g/mol. The van der Waals surface area contributed by atoms with Crippen molar-refractivity contribution < 1.29 is 26.5 Å². The van der Waals surface area contributed by atoms with Gasteiger partial charge < -0.3 is 0 Å². The molecule has 0 bridgehead atoms. The van der Waals surface area contributed by atoms with Crippen molar-refractivity contribution in [3.63, 3.8) is 0 Å². The zero-order valence-electron chi connectivity index (χ0n) is 59.9. The predicted octanol–water partition coefficient (Wildman–Crippen LogP) is 19.1. The molecule has 0 N–H and O–H groups in total. The highest BCUT2D eigenvalue weighted by Gasteiger charge is 2.19. The van der Waals surface area contributed by atoms with Crippen molar-refractivity contribution in [2.45, 2.75) is 82.9 Å². The van der Waals surface area contributed by atoms with Crippen LogP contribution in [0.4, 0.5) is 0 Å². The average molecular weight is 1160 g/mol. The second kappa shape index (κ2) is 28.3. The summed E-state index contributed by atoms with van der Waals surface area (Å²) in [7, 11) is 8.02. The van der Waals surface area contributed by atoms with Crippen molar-refractivity contribution in [2.24, 2.45) is 28.2 Å². The second-order valence-electron chi connectivity index (χ2n) is 23.6. The van der Waals surface area contributed by atoms with E-state index in [1.54, 1.807) is 18.5 Å². The summed E-state index contributed by atoms with van der Waals surface area (Å²) >= 11 is 0. The van der Waals surface area contributed by atoms with Gasteiger partial charge >= 0.3 is 0 Å². The summed E-state index contributed by atoms with van der Waals surface area (Å²) in [5.74, 6) is 0. The van der Waals surface area contributed by atoms with Crippen molar-refractivity contribution in [1.29, 1.82) is 0 Å². The third kappa shape index (κ3) is 14.9. The van der Waals surface area contributed by atoms with Crippen molar-refractivity contribution in [2.75, 3.05) is 0 Å². The average Bonchev–Trinajstić information content (AvgIpc) is 0.853. The largest absolute Gasteiger partial charge is 0.212 e. The SMILES string of the molecule is Cc1cc(-c2ccc(-c3ccccc3)cc2C)[n+](C)cc1C.Cc1ccc(-c2cc(C)c(-c3ccccc3)cc2C)[n+](C)c1.[2H]C([2H])([2H])c1c[n+](C)c(-c2ccc(-c3ccccc3)cc2C)cc1C.[2H]C([2H])([2H])c1ccc(-c2cc(C)c(-c3ccccc3)cc2C)[n+](C)c1. The maximum absolute atomic E-state index is 7.67. The topological polar surface area (TPSA) is 15.5 Å². The van der Waals surface area contributed by atoms with Crippen molar-refractivity contribution >= 4 is 0 Å². The normalized spacial score (nSPS) is 12.0. The number of pyridine rings is 4. The molecule has 4 nitrogen and oxygen atoms in total. The van der Waals surface area contributed by atoms with Gasteiger partial charge in [-0.25, -0.2) is 18.3 Å². The molecule has 0 aliphatic heterocycles. The van der Waals surface area contributed by atoms with Gasteiger partial charge in [0.15, 0.2) is 24.8 Å². The highest BCUT2D eigenvalue weighted by Crippen LogP contribution is 2.34. The van der Waals surface area contributed by atoms with Gasteiger partial charge in [0.1, 0.15) is 28.2 Å². The van der Waals surface area contributed by atoms with Crippen LogP contribution in [0.25, 0.3) is 89.5 Å². The van der Waals surface area contributed by atoms with E-state index in [9.17, 15) is 0 Å². The number of rotatable bonds is 8. The lowest BCUT2D eigenvalue weighted by Gasteiger charge is -2.12. The van der Waals surface area contributed by atoms with Gasteiger partial charge in [0.2, 0.25) is 22.8 Å². The van der Waals surface area contributed by atoms with Gasteiger partial charge in [-0.1, -0.05) is 158 Å². The van der Waals surface area contributed by atoms with Crippen LogP contribution in [0.1, 0.15) is 75.0 Å². The Hall–Kier alpha value is -9.64. The fourth-order valence-corrected chi connectivity index (χ4v) is 11.6. The summed E-state index contributed by atoms with van der Waals surface area (Å²) in [6.07, 6.45) is 7.80. The fourth-order valence-electron chi connectivity index (χ4n) is 11.6. The number of benzene rings is 8. The molecule has 0 radical (unpaired) electrons. The van der Waals surface area contributed by atoms with E-state index >= 15 is 0 Å². The molecule has 8 aromatic carbocycles. The third-order valence-corrected chi connectivity index (χ3v) is 16.7. The second-order valence-corrected chi connectivity index (χ2v) is 23.6. The molecule has 0 aliphatic rings. The number of hydrogen-bond donors (Lipinski definition) is 0. The lowest BCUT2D eigenvalue weighted by Crippen LogP contribution is -2.31. The number of aryl methyl sites for hydroxylation is 16. The zero-order valence-corrected chi connectivity index (χ0v) is 53.9. The predicted molar refractivity (Wildman–Crippen MR) is 371 cm³/mol. The Morgan fingerprint density at radius 2 is 0.545 bits per heavy atom. The molecular weight excluding hydrogens is 1060 g/mol. The van der Waals surface area contributed by atoms with Gasteiger partial charge in [0.05, 0.1) is 0 Å². The molecule has 0 unspecified atom stereocenters. The van der Waals surface area contributed by atoms with Crippen LogP contribution in [-0.4, -0.2) is 0 Å². The van der Waals surface area contributed by atoms with Gasteiger partial charge in [-0.05, 0) is 208 Å². The Morgan fingerprint density at radius 3 is 0.932 bits per heavy atom. The quantitative estimate of drug-likeness (QED) is 0.135. The smallest absolute Gasteiger partial charge is 0.201 e. The maximum atomic E-state index is 7.67. The Labute approximate surface area is 534 Å². The van der Waals surface area contributed by atoms with E-state index in [1.807, 2.05) is 78.7 Å². The highest BCUT2D eigenvalue weighted by atomic mass is 14.9. The molecule has 12 aromatic rings. The van der Waals surface area contributed by atoms with Crippen LogP contribution in [-0.2, 0) is 28.2 Å². The van der Waals surface area contributed by atoms with E-state index < -0.39 is 13.7 Å². The zero-order chi connectivity index (χ0) is 67.8. The first kappa shape index (κ1) is 55.0. The molecule has 88 heavy (non-hydrogen) atoms. The third-order valence-electron chi connectivity index (χ3n) is 16.7. The van der Waals surface area contributed by atoms with E-state index in [4.69, 9.17) is 8.22 Å². The van der Waals surface area contributed by atoms with Gasteiger partial charge in [0, 0.05) is 77.0 Å². The minimum Gasteiger partial charge on any atom is -0.201 e. The van der Waals surface area contributed by atoms with Gasteiger partial charge in [-0.15, -0.1) is 0 Å². The molecule has 4 heteroatoms. The first-order chi connectivity index (χ1) is 44.7. The number of hydrogen-bond acceptors (Lipinski definition) is 0. The maximum Gasteiger partial charge on any atom is 0.212 e. The molecule has 0 fully saturated rings. The first-order valence-electron chi connectivity index (χ1n) is 33.3. The fraction of sp³-hybridized carbons (Fsp3) is 0.190. The standard InChI is InChI=1S/4C21H22N/c2*1-15-13-21(22(4)14-17(15)3)20-11-10-19(12-16(20)2)18-8-6-5-7-9-18;2*1-15-10-11-21(22(4)14-15)20-13-16(2)19(12-17(20)3)18-8-6-5-7-9-18/h4*5-14H,1-4H3/q4*+1/i3D3;;1D3;. The molecule has 0 spiro atoms. The molecule has 4 aromatic heterocycles. The summed E-state index contributed by atoms with van der Waals surface area (Å²) in [4.78, 5) is 0. The minimum absolute atomic E-state index is 0.356. The summed E-state index contributed by atoms with van der Waals surface area (Å²) in [6.45, 7) is 17.0. The van der Waals surface area contributed by atoms with Crippen LogP contribution in [0.2, 0.25) is 0 Å². The first-order valence-corrected chi connectivity index (χ1v) is 30.3. The van der Waals surface area contributed by atoms with Crippen molar-refractivity contribution in [3.8, 4) is 89.5 Å². The molecular formula is C84H88N4+4. The number of nitrogens with zero attached hydrogens (tertiary/aromatic N) is 4. The number of aromatic nitrogens is 4. The van der Waals surface area contributed by atoms with Crippen LogP contribution < -0.4 is 18.3 Å². The summed E-state index contributed by atoms with van der Waals surface area (Å²) in [5.41, 5.74) is 32.3. The molecule has 0 aliphatic carbocycles. The molecule has 0 atom stereocenters. The lowest BCUT2D eigenvalue weighted by atomic mass is 9.93. The van der Waals surface area contributed by atoms with Crippen LogP contribution in [0.3, 0.4) is 0 Å². The van der Waals surface area contributed by atoms with E-state index in [0.29, 0.717) is 11.1 Å². The van der Waals surface area contributed by atoms with Crippen molar-refractivity contribution in [3.05, 3.63) is 310 Å². The van der Waals surface area contributed by atoms with Gasteiger partial charge in [-0.3, -0.25) is 0 Å². The van der Waals surface area contributed by atoms with Crippen LogP contribution in [0, 0.1) is 82.9 Å². The van der Waals surface area contributed by atoms with Gasteiger partial charge in [-0.2, -0.15) is 0 Å². The molecule has 0 saturated heterocycles. The van der Waals surface area contributed by atoms with Gasteiger partial charge in [0.25, 0.3) is 0 Å². The molecule has 4 heterocycles. The van der Waals surface area contributed by atoms with E-state index in [0.717, 1.165) is 33.6 Å². The van der Waals surface area contributed by atoms with E-state index in [1.165, 1.54) is 112 Å². The Bertz CT molecular complexity index is 4650. The van der Waals surface area contributed by atoms with Crippen LogP contribution in [0.5, 0.6) is 0 Å². The minimum atomic E-state index is -2.09. The molecule has 12 rings (SSSR count). The molecule has 0 amide bonds. The van der Waals surface area contributed by atoms with E-state index in [-0.39, 0.29) is 0 Å². The van der Waals surface area contributed by atoms with Crippen LogP contribution >= 0.6 is 0 Å². The Balaban J connectivity index is 0.000000148. The van der Waals surface area contributed by atoms with Crippen LogP contribution in [0.15, 0.2) is 243 Å². The summed E-state index contributed by atoms with van der Waals surface area (Å²) in [5, 5.41) is 0.